The third-order valence-electron chi connectivity index (χ3n) is 5.45. The molecule has 8 heteroatoms. The van der Waals surface area contributed by atoms with E-state index in [-0.39, 0.29) is 0 Å². The van der Waals surface area contributed by atoms with Gasteiger partial charge in [-0.15, -0.1) is 0 Å². The Morgan fingerprint density at radius 2 is 1.62 bits per heavy atom. The van der Waals surface area contributed by atoms with Gasteiger partial charge in [0.2, 0.25) is 0 Å². The van der Waals surface area contributed by atoms with Crippen LogP contribution in [0.3, 0.4) is 0 Å². The van der Waals surface area contributed by atoms with Gasteiger partial charge < -0.3 is 4.57 Å². The lowest BCUT2D eigenvalue weighted by Gasteiger charge is -2.22. The summed E-state index contributed by atoms with van der Waals surface area (Å²) in [6.07, 6.45) is 6.50. The van der Waals surface area contributed by atoms with Gasteiger partial charge >= 0.3 is 0 Å². The van der Waals surface area contributed by atoms with Crippen molar-refractivity contribution in [1.29, 1.82) is 0 Å². The smallest absolute Gasteiger partial charge is 0.267 e. The first kappa shape index (κ1) is 19.9. The molecule has 1 aromatic carbocycles. The number of nitrogens with zero attached hydrogens (tertiary/aromatic N) is 5. The molecule has 154 valence electrons. The van der Waals surface area contributed by atoms with Gasteiger partial charge in [0.1, 0.15) is 5.82 Å². The normalized spacial score (nSPS) is 16.7. The van der Waals surface area contributed by atoms with E-state index in [0.29, 0.717) is 11.4 Å². The molecule has 1 fully saturated rings. The zero-order valence-corrected chi connectivity index (χ0v) is 17.5. The summed E-state index contributed by atoms with van der Waals surface area (Å²) in [7, 11) is -1.55. The molecule has 0 aliphatic carbocycles. The average molecular weight is 414 g/mol. The van der Waals surface area contributed by atoms with Gasteiger partial charge in [0.05, 0.1) is 11.4 Å². The summed E-state index contributed by atoms with van der Waals surface area (Å²) in [5.41, 5.74) is 0.798. The molecule has 7 nitrogen and oxygen atoms in total. The van der Waals surface area contributed by atoms with Crippen LogP contribution in [0, 0.1) is 0 Å². The number of rotatable bonds is 6. The van der Waals surface area contributed by atoms with Crippen molar-refractivity contribution in [3.63, 3.8) is 0 Å². The van der Waals surface area contributed by atoms with Crippen molar-refractivity contribution in [2.75, 3.05) is 26.2 Å². The quantitative estimate of drug-likeness (QED) is 0.620. The second-order valence-corrected chi connectivity index (χ2v) is 9.29. The summed E-state index contributed by atoms with van der Waals surface area (Å²) in [5.74, 6) is 1.07. The van der Waals surface area contributed by atoms with Crippen molar-refractivity contribution in [2.24, 2.45) is 7.05 Å². The number of aromatic nitrogens is 3. The predicted molar refractivity (Wildman–Crippen MR) is 112 cm³/mol. The first-order valence-electron chi connectivity index (χ1n) is 9.92. The Morgan fingerprint density at radius 3 is 2.31 bits per heavy atom. The lowest BCUT2D eigenvalue weighted by Crippen LogP contribution is -2.31. The highest BCUT2D eigenvalue weighted by Crippen LogP contribution is 2.18. The standard InChI is InChI=1S/C21H27N5O2S/c1-23-14-10-22-21(23)18-25-12-6-11-24(15-16-25)17-19-7-5-13-26(19)29(27,28)20-8-3-2-4-9-20/h2-5,7-10,13-14H,6,11-12,15-18H2,1H3. The van der Waals surface area contributed by atoms with Crippen LogP contribution < -0.4 is 0 Å². The van der Waals surface area contributed by atoms with Crippen LogP contribution in [0.5, 0.6) is 0 Å². The minimum absolute atomic E-state index is 0.314. The molecule has 4 rings (SSSR count). The second-order valence-electron chi connectivity index (χ2n) is 7.47. The first-order valence-corrected chi connectivity index (χ1v) is 11.4. The minimum atomic E-state index is -3.57. The summed E-state index contributed by atoms with van der Waals surface area (Å²) >= 11 is 0. The van der Waals surface area contributed by atoms with Crippen LogP contribution in [-0.2, 0) is 30.2 Å². The summed E-state index contributed by atoms with van der Waals surface area (Å²) in [6.45, 7) is 5.28. The Morgan fingerprint density at radius 1 is 0.897 bits per heavy atom. The van der Waals surface area contributed by atoms with Gasteiger partial charge in [-0.1, -0.05) is 18.2 Å². The zero-order chi connectivity index (χ0) is 20.3. The first-order chi connectivity index (χ1) is 14.0. The summed E-state index contributed by atoms with van der Waals surface area (Å²) in [4.78, 5) is 9.50. The van der Waals surface area contributed by atoms with E-state index in [2.05, 4.69) is 19.4 Å². The fourth-order valence-corrected chi connectivity index (χ4v) is 5.17. The molecule has 1 saturated heterocycles. The highest BCUT2D eigenvalue weighted by molar-refractivity contribution is 7.90. The highest BCUT2D eigenvalue weighted by atomic mass is 32.2. The molecule has 0 bridgehead atoms. The van der Waals surface area contributed by atoms with E-state index in [4.69, 9.17) is 0 Å². The maximum Gasteiger partial charge on any atom is 0.267 e. The van der Waals surface area contributed by atoms with E-state index in [1.807, 2.05) is 31.6 Å². The molecular weight excluding hydrogens is 386 g/mol. The Balaban J connectivity index is 1.43. The van der Waals surface area contributed by atoms with E-state index in [1.165, 1.54) is 3.97 Å². The Labute approximate surface area is 172 Å². The second kappa shape index (κ2) is 8.52. The van der Waals surface area contributed by atoms with Crippen molar-refractivity contribution in [3.05, 3.63) is 72.6 Å². The molecule has 0 spiro atoms. The van der Waals surface area contributed by atoms with E-state index in [9.17, 15) is 8.42 Å². The molecule has 0 amide bonds. The third kappa shape index (κ3) is 4.44. The highest BCUT2D eigenvalue weighted by Gasteiger charge is 2.22. The van der Waals surface area contributed by atoms with E-state index in [0.717, 1.165) is 50.7 Å². The van der Waals surface area contributed by atoms with E-state index >= 15 is 0 Å². The van der Waals surface area contributed by atoms with E-state index in [1.54, 1.807) is 36.5 Å². The number of hydrogen-bond donors (Lipinski definition) is 0. The average Bonchev–Trinajstić information content (AvgIpc) is 3.29. The molecule has 0 radical (unpaired) electrons. The number of benzene rings is 1. The summed E-state index contributed by atoms with van der Waals surface area (Å²) < 4.78 is 29.5. The van der Waals surface area contributed by atoms with E-state index < -0.39 is 10.0 Å². The fraction of sp³-hybridized carbons (Fsp3) is 0.381. The number of aryl methyl sites for hydroxylation is 1. The lowest BCUT2D eigenvalue weighted by molar-refractivity contribution is 0.240. The Bertz CT molecular complexity index is 1040. The van der Waals surface area contributed by atoms with Gasteiger partial charge in [0.25, 0.3) is 10.0 Å². The molecule has 3 aromatic rings. The van der Waals surface area contributed by atoms with Gasteiger partial charge in [0, 0.05) is 51.0 Å². The van der Waals surface area contributed by atoms with Crippen LogP contribution in [0.25, 0.3) is 0 Å². The molecule has 0 saturated carbocycles. The minimum Gasteiger partial charge on any atom is -0.337 e. The maximum absolute atomic E-state index is 13.0. The zero-order valence-electron chi connectivity index (χ0n) is 16.7. The molecule has 29 heavy (non-hydrogen) atoms. The Hall–Kier alpha value is -2.42. The van der Waals surface area contributed by atoms with Crippen LogP contribution in [-0.4, -0.2) is 57.9 Å². The maximum atomic E-state index is 13.0. The molecule has 0 atom stereocenters. The molecule has 0 N–H and O–H groups in total. The van der Waals surface area contributed by atoms with Crippen LogP contribution in [0.1, 0.15) is 17.9 Å². The summed E-state index contributed by atoms with van der Waals surface area (Å²) in [6, 6.07) is 12.3. The van der Waals surface area contributed by atoms with Crippen molar-refractivity contribution in [1.82, 2.24) is 23.3 Å². The fourth-order valence-electron chi connectivity index (χ4n) is 3.78. The van der Waals surface area contributed by atoms with Crippen LogP contribution in [0.15, 0.2) is 66.0 Å². The van der Waals surface area contributed by atoms with Crippen molar-refractivity contribution >= 4 is 10.0 Å². The predicted octanol–water partition coefficient (Wildman–Crippen LogP) is 2.17. The largest absolute Gasteiger partial charge is 0.337 e. The molecule has 2 aromatic heterocycles. The number of hydrogen-bond acceptors (Lipinski definition) is 5. The van der Waals surface area contributed by atoms with Gasteiger partial charge in [-0.05, 0) is 43.8 Å². The molecule has 1 aliphatic rings. The monoisotopic (exact) mass is 413 g/mol. The third-order valence-corrected chi connectivity index (χ3v) is 7.19. The SMILES string of the molecule is Cn1ccnc1CN1CCCN(Cc2cccn2S(=O)(=O)c2ccccc2)CC1. The van der Waals surface area contributed by atoms with Crippen molar-refractivity contribution in [2.45, 2.75) is 24.4 Å². The van der Waals surface area contributed by atoms with Crippen LogP contribution in [0.2, 0.25) is 0 Å². The molecule has 0 unspecified atom stereocenters. The van der Waals surface area contributed by atoms with Gasteiger partial charge in [-0.3, -0.25) is 9.80 Å². The summed E-state index contributed by atoms with van der Waals surface area (Å²) in [5, 5.41) is 0. The number of imidazole rings is 1. The molecule has 3 heterocycles. The van der Waals surface area contributed by atoms with Crippen LogP contribution >= 0.6 is 0 Å². The van der Waals surface area contributed by atoms with Crippen LogP contribution in [0.4, 0.5) is 0 Å². The van der Waals surface area contributed by atoms with Crippen molar-refractivity contribution < 1.29 is 8.42 Å². The topological polar surface area (TPSA) is 63.4 Å². The van der Waals surface area contributed by atoms with Gasteiger partial charge in [0.15, 0.2) is 0 Å². The van der Waals surface area contributed by atoms with Gasteiger partial charge in [-0.25, -0.2) is 17.4 Å². The Kier molecular flexibility index (Phi) is 5.84. The lowest BCUT2D eigenvalue weighted by atomic mass is 10.3. The molecule has 1 aliphatic heterocycles. The molecular formula is C21H27N5O2S. The van der Waals surface area contributed by atoms with Crippen molar-refractivity contribution in [3.8, 4) is 0 Å². The van der Waals surface area contributed by atoms with Gasteiger partial charge in [-0.2, -0.15) is 0 Å².